The highest BCUT2D eigenvalue weighted by molar-refractivity contribution is 7.11. The van der Waals surface area contributed by atoms with Crippen molar-refractivity contribution in [1.29, 1.82) is 0 Å². The molecule has 1 aromatic carbocycles. The van der Waals surface area contributed by atoms with Crippen LogP contribution >= 0.6 is 11.3 Å². The van der Waals surface area contributed by atoms with Crippen molar-refractivity contribution in [3.8, 4) is 0 Å². The zero-order chi connectivity index (χ0) is 14.7. The number of thiophene rings is 1. The molecule has 5 heteroatoms. The van der Waals surface area contributed by atoms with E-state index in [4.69, 9.17) is 10.8 Å². The molecule has 0 aliphatic rings. The van der Waals surface area contributed by atoms with Gasteiger partial charge in [0.2, 0.25) is 0 Å². The minimum absolute atomic E-state index is 0.203. The average Bonchev–Trinajstić information content (AvgIpc) is 2.77. The summed E-state index contributed by atoms with van der Waals surface area (Å²) in [5.41, 5.74) is 7.32. The number of hydrogen-bond donors (Lipinski definition) is 3. The molecule has 0 saturated carbocycles. The Labute approximate surface area is 122 Å². The molecule has 0 aliphatic carbocycles. The highest BCUT2D eigenvalue weighted by Crippen LogP contribution is 2.23. The summed E-state index contributed by atoms with van der Waals surface area (Å²) in [5, 5.41) is 12.2. The van der Waals surface area contributed by atoms with Gasteiger partial charge in [0.1, 0.15) is 0 Å². The maximum Gasteiger partial charge on any atom is 0.335 e. The van der Waals surface area contributed by atoms with E-state index < -0.39 is 5.97 Å². The Kier molecular flexibility index (Phi) is 4.29. The van der Waals surface area contributed by atoms with Crippen LogP contribution in [0, 0.1) is 6.92 Å². The lowest BCUT2D eigenvalue weighted by atomic mass is 10.1. The Morgan fingerprint density at radius 2 is 2.15 bits per heavy atom. The van der Waals surface area contributed by atoms with E-state index in [0.717, 1.165) is 12.1 Å². The van der Waals surface area contributed by atoms with Gasteiger partial charge in [-0.15, -0.1) is 11.3 Å². The smallest absolute Gasteiger partial charge is 0.335 e. The second-order valence-electron chi connectivity index (χ2n) is 4.87. The van der Waals surface area contributed by atoms with Crippen LogP contribution in [0.15, 0.2) is 30.3 Å². The molecule has 0 aliphatic heterocycles. The summed E-state index contributed by atoms with van der Waals surface area (Å²) in [6.45, 7) is 4.18. The maximum absolute atomic E-state index is 10.9. The lowest BCUT2D eigenvalue weighted by molar-refractivity contribution is 0.0697. The van der Waals surface area contributed by atoms with Crippen LogP contribution in [0.25, 0.3) is 0 Å². The molecule has 0 bridgehead atoms. The number of benzene rings is 1. The molecular weight excluding hydrogens is 272 g/mol. The van der Waals surface area contributed by atoms with Gasteiger partial charge >= 0.3 is 5.97 Å². The molecule has 1 unspecified atom stereocenters. The molecule has 106 valence electrons. The van der Waals surface area contributed by atoms with Crippen LogP contribution in [0.1, 0.15) is 27.0 Å². The van der Waals surface area contributed by atoms with Gasteiger partial charge in [0.15, 0.2) is 0 Å². The molecule has 4 N–H and O–H groups in total. The second-order valence-corrected chi connectivity index (χ2v) is 6.24. The summed E-state index contributed by atoms with van der Waals surface area (Å²) in [6, 6.07) is 9.23. The Hall–Kier alpha value is -2.01. The summed E-state index contributed by atoms with van der Waals surface area (Å²) < 4.78 is 0. The van der Waals surface area contributed by atoms with Gasteiger partial charge in [0.25, 0.3) is 0 Å². The van der Waals surface area contributed by atoms with E-state index in [2.05, 4.69) is 31.3 Å². The molecular formula is C15H18N2O2S. The van der Waals surface area contributed by atoms with Crippen molar-refractivity contribution in [2.24, 2.45) is 0 Å². The summed E-state index contributed by atoms with van der Waals surface area (Å²) in [7, 11) is 0. The van der Waals surface area contributed by atoms with E-state index in [0.29, 0.717) is 5.69 Å². The van der Waals surface area contributed by atoms with Crippen molar-refractivity contribution in [3.05, 3.63) is 45.6 Å². The molecule has 2 aromatic rings. The molecule has 1 heterocycles. The fraction of sp³-hybridized carbons (Fsp3) is 0.267. The van der Waals surface area contributed by atoms with Crippen LogP contribution in [0.3, 0.4) is 0 Å². The number of carboxylic acid groups (broad SMARTS) is 1. The quantitative estimate of drug-likeness (QED) is 0.738. The van der Waals surface area contributed by atoms with Gasteiger partial charge in [-0.25, -0.2) is 4.79 Å². The highest BCUT2D eigenvalue weighted by Gasteiger charge is 2.10. The summed E-state index contributed by atoms with van der Waals surface area (Å²) in [6.07, 6.45) is 0.915. The standard InChI is InChI=1S/C15H18N2O2S/c1-9(7-12-5-3-10(2)20-12)17-14-6-4-11(15(18)19)8-13(14)16/h3-6,8-9,17H,7,16H2,1-2H3,(H,18,19). The molecule has 20 heavy (non-hydrogen) atoms. The molecule has 0 fully saturated rings. The third-order valence-corrected chi connectivity index (χ3v) is 4.03. The summed E-state index contributed by atoms with van der Waals surface area (Å²) >= 11 is 1.79. The number of nitrogen functional groups attached to an aromatic ring is 1. The number of aryl methyl sites for hydroxylation is 1. The molecule has 0 radical (unpaired) electrons. The normalized spacial score (nSPS) is 12.1. The zero-order valence-corrected chi connectivity index (χ0v) is 12.3. The van der Waals surface area contributed by atoms with Crippen molar-refractivity contribution < 1.29 is 9.90 Å². The number of rotatable bonds is 5. The maximum atomic E-state index is 10.9. The number of carboxylic acids is 1. The lowest BCUT2D eigenvalue weighted by Crippen LogP contribution is -2.18. The average molecular weight is 290 g/mol. The Balaban J connectivity index is 2.04. The van der Waals surface area contributed by atoms with Crippen molar-refractivity contribution >= 4 is 28.7 Å². The monoisotopic (exact) mass is 290 g/mol. The van der Waals surface area contributed by atoms with Crippen LogP contribution in [-0.4, -0.2) is 17.1 Å². The molecule has 1 atom stereocenters. The molecule has 1 aromatic heterocycles. The Morgan fingerprint density at radius 3 is 2.70 bits per heavy atom. The first kappa shape index (κ1) is 14.4. The zero-order valence-electron chi connectivity index (χ0n) is 11.5. The van der Waals surface area contributed by atoms with Gasteiger partial charge in [0.05, 0.1) is 16.9 Å². The molecule has 4 nitrogen and oxygen atoms in total. The van der Waals surface area contributed by atoms with Gasteiger partial charge in [0, 0.05) is 22.2 Å². The molecule has 2 rings (SSSR count). The van der Waals surface area contributed by atoms with Crippen molar-refractivity contribution in [1.82, 2.24) is 0 Å². The topological polar surface area (TPSA) is 75.3 Å². The fourth-order valence-electron chi connectivity index (χ4n) is 2.04. The number of hydrogen-bond acceptors (Lipinski definition) is 4. The van der Waals surface area contributed by atoms with E-state index in [9.17, 15) is 4.79 Å². The summed E-state index contributed by atoms with van der Waals surface area (Å²) in [4.78, 5) is 13.5. The SMILES string of the molecule is Cc1ccc(CC(C)Nc2ccc(C(=O)O)cc2N)s1. The largest absolute Gasteiger partial charge is 0.478 e. The second kappa shape index (κ2) is 5.96. The summed E-state index contributed by atoms with van der Waals surface area (Å²) in [5.74, 6) is -0.967. The van der Waals surface area contributed by atoms with Crippen LogP contribution in [0.5, 0.6) is 0 Å². The minimum Gasteiger partial charge on any atom is -0.478 e. The van der Waals surface area contributed by atoms with Gasteiger partial charge in [-0.1, -0.05) is 0 Å². The van der Waals surface area contributed by atoms with Gasteiger partial charge in [-0.05, 0) is 44.2 Å². The fourth-order valence-corrected chi connectivity index (χ4v) is 3.06. The van der Waals surface area contributed by atoms with E-state index in [1.807, 2.05) is 0 Å². The first-order valence-corrected chi connectivity index (χ1v) is 7.22. The molecule has 0 saturated heterocycles. The van der Waals surface area contributed by atoms with Crippen molar-refractivity contribution in [3.63, 3.8) is 0 Å². The van der Waals surface area contributed by atoms with Crippen LogP contribution < -0.4 is 11.1 Å². The number of nitrogens with one attached hydrogen (secondary N) is 1. The predicted molar refractivity (Wildman–Crippen MR) is 83.7 cm³/mol. The van der Waals surface area contributed by atoms with E-state index in [-0.39, 0.29) is 11.6 Å². The van der Waals surface area contributed by atoms with Gasteiger partial charge < -0.3 is 16.2 Å². The number of nitrogens with two attached hydrogens (primary N) is 1. The number of carbonyl (C=O) groups is 1. The van der Waals surface area contributed by atoms with Crippen LogP contribution in [0.2, 0.25) is 0 Å². The predicted octanol–water partition coefficient (Wildman–Crippen LogP) is 3.38. The van der Waals surface area contributed by atoms with E-state index in [1.54, 1.807) is 23.5 Å². The van der Waals surface area contributed by atoms with Crippen LogP contribution in [-0.2, 0) is 6.42 Å². The first-order valence-electron chi connectivity index (χ1n) is 6.40. The van der Waals surface area contributed by atoms with Crippen LogP contribution in [0.4, 0.5) is 11.4 Å². The Bertz CT molecular complexity index is 622. The number of anilines is 2. The minimum atomic E-state index is -0.967. The third-order valence-electron chi connectivity index (χ3n) is 3.00. The third kappa shape index (κ3) is 3.51. The highest BCUT2D eigenvalue weighted by atomic mass is 32.1. The van der Waals surface area contributed by atoms with Crippen molar-refractivity contribution in [2.75, 3.05) is 11.1 Å². The Morgan fingerprint density at radius 1 is 1.40 bits per heavy atom. The van der Waals surface area contributed by atoms with Crippen molar-refractivity contribution in [2.45, 2.75) is 26.3 Å². The molecule has 0 amide bonds. The van der Waals surface area contributed by atoms with Gasteiger partial charge in [-0.2, -0.15) is 0 Å². The lowest BCUT2D eigenvalue weighted by Gasteiger charge is -2.16. The van der Waals surface area contributed by atoms with E-state index in [1.165, 1.54) is 15.8 Å². The first-order chi connectivity index (χ1) is 9.45. The van der Waals surface area contributed by atoms with E-state index >= 15 is 0 Å². The van der Waals surface area contributed by atoms with Gasteiger partial charge in [-0.3, -0.25) is 0 Å². The molecule has 0 spiro atoms. The number of aromatic carboxylic acids is 1.